The highest BCUT2D eigenvalue weighted by Gasteiger charge is 2.30. The number of furan rings is 1. The zero-order chi connectivity index (χ0) is 17.6. The maximum atomic E-state index is 12.5. The molecule has 4 aromatic rings. The summed E-state index contributed by atoms with van der Waals surface area (Å²) < 4.78 is 10.2. The van der Waals surface area contributed by atoms with Gasteiger partial charge in [0.1, 0.15) is 16.9 Å². The van der Waals surface area contributed by atoms with Crippen molar-refractivity contribution in [1.29, 1.82) is 0 Å². The van der Waals surface area contributed by atoms with Gasteiger partial charge in [0, 0.05) is 22.4 Å². The summed E-state index contributed by atoms with van der Waals surface area (Å²) in [6.07, 6.45) is 1.40. The fraction of sp³-hybridized carbons (Fsp3) is 0.0556. The Bertz CT molecular complexity index is 1130. The van der Waals surface area contributed by atoms with E-state index in [1.54, 1.807) is 12.1 Å². The Morgan fingerprint density at radius 1 is 1.20 bits per heavy atom. The average Bonchev–Trinajstić information content (AvgIpc) is 3.26. The van der Waals surface area contributed by atoms with Gasteiger partial charge in [-0.3, -0.25) is 10.1 Å². The standard InChI is InChI=1S/C18H12N2O5/c1-24-18(21)16-15(14-7-4-8-25-14)13(20(22)23)9-11-10-5-2-3-6-12(10)19-17(11)16/h2-9,19H,1H3. The van der Waals surface area contributed by atoms with Crippen molar-refractivity contribution in [3.05, 3.63) is 64.4 Å². The molecule has 0 radical (unpaired) electrons. The summed E-state index contributed by atoms with van der Waals surface area (Å²) in [5, 5.41) is 13.1. The molecule has 2 aromatic heterocycles. The number of nitrogens with one attached hydrogen (secondary N) is 1. The van der Waals surface area contributed by atoms with E-state index in [1.807, 2.05) is 24.3 Å². The monoisotopic (exact) mass is 336 g/mol. The van der Waals surface area contributed by atoms with Crippen LogP contribution in [-0.4, -0.2) is 23.0 Å². The number of hydrogen-bond donors (Lipinski definition) is 1. The lowest BCUT2D eigenvalue weighted by atomic mass is 9.98. The quantitative estimate of drug-likeness (QED) is 0.342. The van der Waals surface area contributed by atoms with E-state index < -0.39 is 10.9 Å². The second kappa shape index (κ2) is 5.48. The molecule has 0 bridgehead atoms. The van der Waals surface area contributed by atoms with Gasteiger partial charge >= 0.3 is 5.97 Å². The third-order valence-corrected chi connectivity index (χ3v) is 4.14. The summed E-state index contributed by atoms with van der Waals surface area (Å²) in [5.74, 6) is -0.445. The molecule has 0 spiro atoms. The third kappa shape index (κ3) is 2.17. The van der Waals surface area contributed by atoms with E-state index in [4.69, 9.17) is 9.15 Å². The number of esters is 1. The van der Waals surface area contributed by atoms with E-state index in [1.165, 1.54) is 19.4 Å². The van der Waals surface area contributed by atoms with Crippen LogP contribution in [0.3, 0.4) is 0 Å². The number of aromatic nitrogens is 1. The molecule has 0 saturated carbocycles. The number of para-hydroxylation sites is 1. The number of aromatic amines is 1. The van der Waals surface area contributed by atoms with E-state index in [0.717, 1.165) is 10.9 Å². The highest BCUT2D eigenvalue weighted by Crippen LogP contribution is 2.41. The summed E-state index contributed by atoms with van der Waals surface area (Å²) in [5.41, 5.74) is 1.21. The number of benzene rings is 2. The molecule has 4 rings (SSSR count). The van der Waals surface area contributed by atoms with Gasteiger partial charge in [-0.15, -0.1) is 0 Å². The minimum atomic E-state index is -0.674. The van der Waals surface area contributed by atoms with Crippen LogP contribution in [0.4, 0.5) is 5.69 Å². The summed E-state index contributed by atoms with van der Waals surface area (Å²) in [6.45, 7) is 0. The highest BCUT2D eigenvalue weighted by atomic mass is 16.6. The van der Waals surface area contributed by atoms with Crippen LogP contribution < -0.4 is 0 Å². The summed E-state index contributed by atoms with van der Waals surface area (Å²) >= 11 is 0. The van der Waals surface area contributed by atoms with Crippen LogP contribution in [0.25, 0.3) is 33.1 Å². The minimum absolute atomic E-state index is 0.0813. The number of ether oxygens (including phenoxy) is 1. The summed E-state index contributed by atoms with van der Waals surface area (Å²) in [7, 11) is 1.24. The lowest BCUT2D eigenvalue weighted by molar-refractivity contribution is -0.384. The number of nitro groups is 1. The number of rotatable bonds is 3. The average molecular weight is 336 g/mol. The molecule has 0 unspecified atom stereocenters. The minimum Gasteiger partial charge on any atom is -0.465 e. The predicted molar refractivity (Wildman–Crippen MR) is 91.5 cm³/mol. The van der Waals surface area contributed by atoms with Gasteiger partial charge in [-0.05, 0) is 18.2 Å². The van der Waals surface area contributed by atoms with Crippen molar-refractivity contribution in [1.82, 2.24) is 4.98 Å². The molecular formula is C18H12N2O5. The van der Waals surface area contributed by atoms with Crippen LogP contribution in [0, 0.1) is 10.1 Å². The predicted octanol–water partition coefficient (Wildman–Crippen LogP) is 4.28. The number of H-pyrrole nitrogens is 1. The van der Waals surface area contributed by atoms with Crippen molar-refractivity contribution in [2.75, 3.05) is 7.11 Å². The molecule has 0 amide bonds. The summed E-state index contributed by atoms with van der Waals surface area (Å²) in [6, 6.07) is 12.0. The zero-order valence-corrected chi connectivity index (χ0v) is 13.1. The number of methoxy groups -OCH3 is 1. The van der Waals surface area contributed by atoms with Crippen molar-refractivity contribution in [3.63, 3.8) is 0 Å². The van der Waals surface area contributed by atoms with Crippen LogP contribution in [0.2, 0.25) is 0 Å². The van der Waals surface area contributed by atoms with Crippen LogP contribution in [-0.2, 0) is 4.74 Å². The molecule has 0 aliphatic heterocycles. The van der Waals surface area contributed by atoms with Crippen molar-refractivity contribution in [2.24, 2.45) is 0 Å². The van der Waals surface area contributed by atoms with Gasteiger partial charge in [0.05, 0.1) is 23.8 Å². The smallest absolute Gasteiger partial charge is 0.341 e. The van der Waals surface area contributed by atoms with E-state index >= 15 is 0 Å². The van der Waals surface area contributed by atoms with Gasteiger partial charge < -0.3 is 14.1 Å². The van der Waals surface area contributed by atoms with E-state index in [2.05, 4.69) is 4.98 Å². The number of nitrogens with zero attached hydrogens (tertiary/aromatic N) is 1. The normalized spacial score (nSPS) is 11.1. The first-order chi connectivity index (χ1) is 12.1. The molecule has 0 aliphatic carbocycles. The lowest BCUT2D eigenvalue weighted by Crippen LogP contribution is -2.07. The van der Waals surface area contributed by atoms with E-state index in [0.29, 0.717) is 10.9 Å². The van der Waals surface area contributed by atoms with Crippen molar-refractivity contribution in [2.45, 2.75) is 0 Å². The second-order valence-corrected chi connectivity index (χ2v) is 5.46. The molecule has 2 aromatic carbocycles. The van der Waals surface area contributed by atoms with Crippen LogP contribution in [0.15, 0.2) is 53.1 Å². The van der Waals surface area contributed by atoms with Crippen LogP contribution in [0.1, 0.15) is 10.4 Å². The molecule has 25 heavy (non-hydrogen) atoms. The Balaban J connectivity index is 2.24. The maximum Gasteiger partial charge on any atom is 0.341 e. The first kappa shape index (κ1) is 14.9. The highest BCUT2D eigenvalue weighted by molar-refractivity contribution is 6.18. The number of nitro benzene ring substituents is 1. The Hall–Kier alpha value is -3.61. The number of carbonyl (C=O) groups excluding carboxylic acids is 1. The fourth-order valence-corrected chi connectivity index (χ4v) is 3.09. The van der Waals surface area contributed by atoms with Gasteiger partial charge in [-0.1, -0.05) is 18.2 Å². The topological polar surface area (TPSA) is 98.4 Å². The Morgan fingerprint density at radius 2 is 2.00 bits per heavy atom. The molecule has 7 nitrogen and oxygen atoms in total. The Morgan fingerprint density at radius 3 is 2.68 bits per heavy atom. The maximum absolute atomic E-state index is 12.5. The third-order valence-electron chi connectivity index (χ3n) is 4.14. The van der Waals surface area contributed by atoms with Gasteiger partial charge in [0.25, 0.3) is 5.69 Å². The molecule has 0 fully saturated rings. The Kier molecular flexibility index (Phi) is 3.28. The molecule has 7 heteroatoms. The fourth-order valence-electron chi connectivity index (χ4n) is 3.09. The van der Waals surface area contributed by atoms with Crippen molar-refractivity contribution in [3.8, 4) is 11.3 Å². The molecule has 1 N–H and O–H groups in total. The molecule has 2 heterocycles. The Labute approximate surface area is 141 Å². The van der Waals surface area contributed by atoms with Gasteiger partial charge in [-0.2, -0.15) is 0 Å². The molecule has 0 aliphatic rings. The number of carbonyl (C=O) groups is 1. The van der Waals surface area contributed by atoms with Crippen LogP contribution >= 0.6 is 0 Å². The van der Waals surface area contributed by atoms with Gasteiger partial charge in [0.15, 0.2) is 0 Å². The number of hydrogen-bond acceptors (Lipinski definition) is 5. The second-order valence-electron chi connectivity index (χ2n) is 5.46. The van der Waals surface area contributed by atoms with Gasteiger partial charge in [-0.25, -0.2) is 4.79 Å². The van der Waals surface area contributed by atoms with Crippen molar-refractivity contribution < 1.29 is 18.9 Å². The van der Waals surface area contributed by atoms with Gasteiger partial charge in [0.2, 0.25) is 0 Å². The summed E-state index contributed by atoms with van der Waals surface area (Å²) in [4.78, 5) is 26.8. The van der Waals surface area contributed by atoms with E-state index in [9.17, 15) is 14.9 Å². The lowest BCUT2D eigenvalue weighted by Gasteiger charge is -2.08. The first-order valence-corrected chi connectivity index (χ1v) is 7.46. The largest absolute Gasteiger partial charge is 0.465 e. The zero-order valence-electron chi connectivity index (χ0n) is 13.1. The first-order valence-electron chi connectivity index (χ1n) is 7.46. The number of fused-ring (bicyclic) bond motifs is 3. The van der Waals surface area contributed by atoms with E-state index in [-0.39, 0.29) is 22.6 Å². The van der Waals surface area contributed by atoms with Crippen LogP contribution in [0.5, 0.6) is 0 Å². The van der Waals surface area contributed by atoms with Crippen molar-refractivity contribution >= 4 is 33.5 Å². The SMILES string of the molecule is COC(=O)c1c(-c2ccco2)c([N+](=O)[O-])cc2c1[nH]c1ccccc12. The molecule has 0 saturated heterocycles. The molecular weight excluding hydrogens is 324 g/mol. The molecule has 0 atom stereocenters. The molecule has 124 valence electrons.